The predicted molar refractivity (Wildman–Crippen MR) is 39.5 cm³/mol. The van der Waals surface area contributed by atoms with Crippen molar-refractivity contribution in [3.8, 4) is 0 Å². The van der Waals surface area contributed by atoms with Crippen LogP contribution in [0.25, 0.3) is 0 Å². The van der Waals surface area contributed by atoms with E-state index in [1.54, 1.807) is 11.8 Å². The van der Waals surface area contributed by atoms with Crippen LogP contribution in [0, 0.1) is 6.26 Å². The van der Waals surface area contributed by atoms with Crippen LogP contribution in [0.5, 0.6) is 0 Å². The van der Waals surface area contributed by atoms with E-state index in [0.29, 0.717) is 0 Å². The molecule has 0 aromatic heterocycles. The fourth-order valence-corrected chi connectivity index (χ4v) is 1.46. The maximum absolute atomic E-state index is 3.76. The van der Waals surface area contributed by atoms with Crippen LogP contribution in [0.15, 0.2) is 11.0 Å². The molecule has 1 aliphatic rings. The third-order valence-corrected chi connectivity index (χ3v) is 2.18. The van der Waals surface area contributed by atoms with Gasteiger partial charge in [0, 0.05) is 6.26 Å². The highest BCUT2D eigenvalue weighted by molar-refractivity contribution is 8.04. The second-order valence-electron chi connectivity index (χ2n) is 2.06. The van der Waals surface area contributed by atoms with E-state index in [4.69, 9.17) is 0 Å². The summed E-state index contributed by atoms with van der Waals surface area (Å²) in [5.41, 5.74) is 0. The molecule has 8 heavy (non-hydrogen) atoms. The van der Waals surface area contributed by atoms with Crippen LogP contribution in [-0.4, -0.2) is 0 Å². The minimum Gasteiger partial charge on any atom is -0.130 e. The molecule has 0 saturated carbocycles. The molecule has 0 spiro atoms. The standard InChI is InChI=1S/C7H11S/c1-8-7-5-3-2-4-6-7/h5H,1-4,6H2. The van der Waals surface area contributed by atoms with Crippen LogP contribution in [0.4, 0.5) is 0 Å². The molecule has 0 saturated heterocycles. The van der Waals surface area contributed by atoms with E-state index in [-0.39, 0.29) is 0 Å². The average molecular weight is 127 g/mol. The molecule has 1 rings (SSSR count). The third-order valence-electron chi connectivity index (χ3n) is 1.43. The molecule has 0 unspecified atom stereocenters. The first-order chi connectivity index (χ1) is 3.93. The third kappa shape index (κ3) is 1.55. The van der Waals surface area contributed by atoms with Gasteiger partial charge in [-0.2, -0.15) is 0 Å². The minimum absolute atomic E-state index is 1.27. The Labute approximate surface area is 55.4 Å². The molecule has 45 valence electrons. The largest absolute Gasteiger partial charge is 0.130 e. The maximum Gasteiger partial charge on any atom is 0.00711 e. The van der Waals surface area contributed by atoms with Gasteiger partial charge in [-0.05, 0) is 30.6 Å². The molecule has 1 radical (unpaired) electrons. The smallest absolute Gasteiger partial charge is 0.00711 e. The van der Waals surface area contributed by atoms with E-state index >= 15 is 0 Å². The lowest BCUT2D eigenvalue weighted by atomic mass is 10.1. The molecular formula is C7H11S. The summed E-state index contributed by atoms with van der Waals surface area (Å²) in [6.07, 6.45) is 11.4. The monoisotopic (exact) mass is 127 g/mol. The van der Waals surface area contributed by atoms with Crippen LogP contribution in [0.1, 0.15) is 25.7 Å². The van der Waals surface area contributed by atoms with E-state index < -0.39 is 0 Å². The Morgan fingerprint density at radius 2 is 2.38 bits per heavy atom. The fraction of sp³-hybridized carbons (Fsp3) is 0.571. The zero-order valence-corrected chi connectivity index (χ0v) is 5.84. The molecule has 0 aromatic carbocycles. The van der Waals surface area contributed by atoms with Gasteiger partial charge in [0.2, 0.25) is 0 Å². The topological polar surface area (TPSA) is 0 Å². The number of allylic oxidation sites excluding steroid dienone is 2. The normalized spacial score (nSPS) is 20.4. The molecular weight excluding hydrogens is 116 g/mol. The Morgan fingerprint density at radius 3 is 2.75 bits per heavy atom. The summed E-state index contributed by atoms with van der Waals surface area (Å²) in [5.74, 6) is 0. The zero-order valence-electron chi connectivity index (χ0n) is 5.02. The highest BCUT2D eigenvalue weighted by Gasteiger charge is 1.99. The van der Waals surface area contributed by atoms with Crippen molar-refractivity contribution >= 4 is 11.8 Å². The van der Waals surface area contributed by atoms with Crippen molar-refractivity contribution in [2.75, 3.05) is 0 Å². The zero-order chi connectivity index (χ0) is 5.82. The van der Waals surface area contributed by atoms with Crippen molar-refractivity contribution in [3.63, 3.8) is 0 Å². The highest BCUT2D eigenvalue weighted by atomic mass is 32.2. The molecule has 1 heteroatoms. The summed E-state index contributed by atoms with van der Waals surface area (Å²) in [7, 11) is 0. The molecule has 0 amide bonds. The minimum atomic E-state index is 1.27. The van der Waals surface area contributed by atoms with Crippen molar-refractivity contribution in [1.82, 2.24) is 0 Å². The van der Waals surface area contributed by atoms with Crippen LogP contribution in [0.3, 0.4) is 0 Å². The molecule has 1 aliphatic carbocycles. The number of hydrogen-bond donors (Lipinski definition) is 0. The van der Waals surface area contributed by atoms with Gasteiger partial charge in [0.25, 0.3) is 0 Å². The van der Waals surface area contributed by atoms with E-state index in [2.05, 4.69) is 12.3 Å². The Kier molecular flexibility index (Phi) is 2.47. The van der Waals surface area contributed by atoms with Crippen LogP contribution in [-0.2, 0) is 0 Å². The molecule has 0 N–H and O–H groups in total. The Bertz CT molecular complexity index is 94.6. The number of rotatable bonds is 1. The number of hydrogen-bond acceptors (Lipinski definition) is 1. The van der Waals surface area contributed by atoms with Crippen molar-refractivity contribution < 1.29 is 0 Å². The summed E-state index contributed by atoms with van der Waals surface area (Å²) in [6.45, 7) is 0. The SMILES string of the molecule is [CH2]SC1=CCCCC1. The summed E-state index contributed by atoms with van der Waals surface area (Å²) in [4.78, 5) is 1.48. The first-order valence-electron chi connectivity index (χ1n) is 3.04. The van der Waals surface area contributed by atoms with E-state index in [9.17, 15) is 0 Å². The van der Waals surface area contributed by atoms with Gasteiger partial charge in [0.15, 0.2) is 0 Å². The van der Waals surface area contributed by atoms with Crippen molar-refractivity contribution in [2.24, 2.45) is 0 Å². The van der Waals surface area contributed by atoms with Gasteiger partial charge < -0.3 is 0 Å². The van der Waals surface area contributed by atoms with Gasteiger partial charge in [-0.1, -0.05) is 6.08 Å². The second-order valence-corrected chi connectivity index (χ2v) is 2.87. The van der Waals surface area contributed by atoms with Crippen LogP contribution >= 0.6 is 11.8 Å². The summed E-state index contributed by atoms with van der Waals surface area (Å²) in [5, 5.41) is 0. The molecule has 0 bridgehead atoms. The summed E-state index contributed by atoms with van der Waals surface area (Å²) in [6, 6.07) is 0. The molecule has 0 nitrogen and oxygen atoms in total. The Balaban J connectivity index is 2.37. The summed E-state index contributed by atoms with van der Waals surface area (Å²) < 4.78 is 0. The Hall–Kier alpha value is 0.0900. The second kappa shape index (κ2) is 3.18. The van der Waals surface area contributed by atoms with Crippen molar-refractivity contribution in [3.05, 3.63) is 17.2 Å². The molecule has 0 heterocycles. The predicted octanol–water partition coefficient (Wildman–Crippen LogP) is 2.97. The van der Waals surface area contributed by atoms with Crippen LogP contribution < -0.4 is 0 Å². The molecule has 0 atom stereocenters. The van der Waals surface area contributed by atoms with Gasteiger partial charge in [0.1, 0.15) is 0 Å². The highest BCUT2D eigenvalue weighted by Crippen LogP contribution is 2.25. The van der Waals surface area contributed by atoms with Gasteiger partial charge in [-0.3, -0.25) is 0 Å². The lowest BCUT2D eigenvalue weighted by Gasteiger charge is -2.08. The van der Waals surface area contributed by atoms with Gasteiger partial charge in [0.05, 0.1) is 0 Å². The molecule has 0 fully saturated rings. The first-order valence-corrected chi connectivity index (χ1v) is 4.03. The fourth-order valence-electron chi connectivity index (χ4n) is 0.940. The maximum atomic E-state index is 3.76. The van der Waals surface area contributed by atoms with Crippen LogP contribution in [0.2, 0.25) is 0 Å². The molecule has 0 aliphatic heterocycles. The molecule has 0 aromatic rings. The summed E-state index contributed by atoms with van der Waals surface area (Å²) >= 11 is 1.66. The van der Waals surface area contributed by atoms with Crippen molar-refractivity contribution in [2.45, 2.75) is 25.7 Å². The van der Waals surface area contributed by atoms with E-state index in [0.717, 1.165) is 0 Å². The van der Waals surface area contributed by atoms with Gasteiger partial charge in [-0.25, -0.2) is 0 Å². The van der Waals surface area contributed by atoms with E-state index in [1.807, 2.05) is 0 Å². The van der Waals surface area contributed by atoms with Gasteiger partial charge >= 0.3 is 0 Å². The average Bonchev–Trinajstić information content (AvgIpc) is 1.90. The van der Waals surface area contributed by atoms with Gasteiger partial charge in [-0.15, -0.1) is 11.8 Å². The number of thioether (sulfide) groups is 1. The quantitative estimate of drug-likeness (QED) is 0.522. The lowest BCUT2D eigenvalue weighted by Crippen LogP contribution is -1.85. The lowest BCUT2D eigenvalue weighted by molar-refractivity contribution is 0.723. The first kappa shape index (κ1) is 6.21. The van der Waals surface area contributed by atoms with Crippen molar-refractivity contribution in [1.29, 1.82) is 0 Å². The van der Waals surface area contributed by atoms with E-state index in [1.165, 1.54) is 30.6 Å². The Morgan fingerprint density at radius 1 is 1.50 bits per heavy atom.